The Kier molecular flexibility index (Phi) is 8.73. The third-order valence-electron chi connectivity index (χ3n) is 5.57. The number of aromatic nitrogens is 2. The van der Waals surface area contributed by atoms with Gasteiger partial charge in [0.1, 0.15) is 30.0 Å². The van der Waals surface area contributed by atoms with Gasteiger partial charge in [-0.05, 0) is 44.4 Å². The van der Waals surface area contributed by atoms with E-state index >= 15 is 0 Å². The van der Waals surface area contributed by atoms with Gasteiger partial charge in [0.15, 0.2) is 0 Å². The molecule has 2 heterocycles. The lowest BCUT2D eigenvalue weighted by Crippen LogP contribution is -2.22. The van der Waals surface area contributed by atoms with Crippen molar-refractivity contribution >= 4 is 19.1 Å². The molecule has 0 N–H and O–H groups in total. The van der Waals surface area contributed by atoms with Crippen molar-refractivity contribution < 1.29 is 18.6 Å². The molecular weight excluding hydrogens is 449 g/mol. The zero-order valence-electron chi connectivity index (χ0n) is 21.4. The third-order valence-corrected chi connectivity index (χ3v) is 7.27. The van der Waals surface area contributed by atoms with Crippen molar-refractivity contribution in [1.29, 1.82) is 0 Å². The summed E-state index contributed by atoms with van der Waals surface area (Å²) < 4.78 is 33.8. The topological polar surface area (TPSA) is 48.8 Å². The number of ether oxygens (including phenoxy) is 3. The summed E-state index contributed by atoms with van der Waals surface area (Å²) in [7, 11) is 5.74. The number of rotatable bonds is 12. The van der Waals surface area contributed by atoms with Crippen LogP contribution in [-0.4, -0.2) is 63.6 Å². The van der Waals surface area contributed by atoms with Crippen LogP contribution in [0.3, 0.4) is 0 Å². The number of hydrogen-bond acceptors (Lipinski definition) is 5. The summed E-state index contributed by atoms with van der Waals surface area (Å²) >= 11 is 0. The Hall–Kier alpha value is -2.42. The van der Waals surface area contributed by atoms with Crippen LogP contribution >= 0.6 is 0 Å². The van der Waals surface area contributed by atoms with E-state index in [1.807, 2.05) is 55.2 Å². The Balaban J connectivity index is 2.03. The first kappa shape index (κ1) is 26.2. The van der Waals surface area contributed by atoms with E-state index in [1.165, 1.54) is 0 Å². The monoisotopic (exact) mass is 486 g/mol. The normalized spacial score (nSPS) is 13.0. The van der Waals surface area contributed by atoms with Crippen LogP contribution < -0.4 is 9.47 Å². The second-order valence-electron chi connectivity index (χ2n) is 9.90. The smallest absolute Gasteiger partial charge is 0.142 e. The molecule has 1 unspecified atom stereocenters. The van der Waals surface area contributed by atoms with Gasteiger partial charge < -0.3 is 23.7 Å². The lowest BCUT2D eigenvalue weighted by molar-refractivity contribution is 0.0899. The molecule has 3 rings (SSSR count). The molecule has 6 nitrogen and oxygen atoms in total. The average Bonchev–Trinajstić information content (AvgIpc) is 3.12. The number of nitrogens with zero attached hydrogens (tertiary/aromatic N) is 3. The largest absolute Gasteiger partial charge is 0.496 e. The Morgan fingerprint density at radius 3 is 2.35 bits per heavy atom. The minimum Gasteiger partial charge on any atom is -0.496 e. The molecule has 185 valence electrons. The highest BCUT2D eigenvalue weighted by atomic mass is 28.3. The highest BCUT2D eigenvalue weighted by Crippen LogP contribution is 2.42. The number of pyridine rings is 1. The molecule has 3 aromatic rings. The number of benzene rings is 1. The first-order valence-electron chi connectivity index (χ1n) is 11.6. The van der Waals surface area contributed by atoms with E-state index in [-0.39, 0.29) is 6.42 Å². The summed E-state index contributed by atoms with van der Waals surface area (Å²) in [6.07, 6.45) is 1.13. The van der Waals surface area contributed by atoms with Crippen LogP contribution in [0.4, 0.5) is 4.39 Å². The summed E-state index contributed by atoms with van der Waals surface area (Å²) in [5.41, 5.74) is 3.25. The van der Waals surface area contributed by atoms with E-state index in [0.29, 0.717) is 30.5 Å². The van der Waals surface area contributed by atoms with Crippen molar-refractivity contribution in [3.8, 4) is 22.6 Å². The zero-order valence-corrected chi connectivity index (χ0v) is 22.4. The SMILES string of the molecule is COc1cccc(OC)c1-c1cn(COCC[Si](C)(C)C)c2nc(CC(F)[CH]N(C)C)ccc12. The summed E-state index contributed by atoms with van der Waals surface area (Å²) in [5.74, 6) is 1.43. The van der Waals surface area contributed by atoms with Gasteiger partial charge >= 0.3 is 0 Å². The standard InChI is InChI=1S/C26H37FN3O3Si/c1-29(2)16-19(27)15-20-11-12-21-22(25-23(31-3)9-8-10-24(25)32-4)17-30(26(21)28-20)18-33-13-14-34(5,6)7/h8-12,16-17,19H,13-15,18H2,1-7H3. The van der Waals surface area contributed by atoms with E-state index in [1.54, 1.807) is 25.7 Å². The number of fused-ring (bicyclic) bond motifs is 1. The summed E-state index contributed by atoms with van der Waals surface area (Å²) in [4.78, 5) is 6.57. The molecule has 0 amide bonds. The Morgan fingerprint density at radius 2 is 1.76 bits per heavy atom. The molecule has 0 saturated carbocycles. The van der Waals surface area contributed by atoms with Crippen LogP contribution in [0, 0.1) is 6.54 Å². The van der Waals surface area contributed by atoms with Crippen molar-refractivity contribution in [2.24, 2.45) is 0 Å². The van der Waals surface area contributed by atoms with Gasteiger partial charge in [0.2, 0.25) is 0 Å². The maximum Gasteiger partial charge on any atom is 0.142 e. The summed E-state index contributed by atoms with van der Waals surface area (Å²) in [6.45, 7) is 9.62. The molecule has 0 bridgehead atoms. The molecule has 0 fully saturated rings. The zero-order chi connectivity index (χ0) is 24.9. The Bertz CT molecular complexity index is 1070. The van der Waals surface area contributed by atoms with Gasteiger partial charge in [-0.3, -0.25) is 0 Å². The minimum atomic E-state index is -1.19. The van der Waals surface area contributed by atoms with Gasteiger partial charge in [-0.2, -0.15) is 0 Å². The minimum absolute atomic E-state index is 0.211. The van der Waals surface area contributed by atoms with Crippen molar-refractivity contribution in [1.82, 2.24) is 14.5 Å². The molecule has 1 radical (unpaired) electrons. The molecule has 2 aromatic heterocycles. The fraction of sp³-hybridized carbons (Fsp3) is 0.462. The van der Waals surface area contributed by atoms with Gasteiger partial charge in [-0.15, -0.1) is 0 Å². The van der Waals surface area contributed by atoms with Crippen LogP contribution in [-0.2, 0) is 17.9 Å². The van der Waals surface area contributed by atoms with E-state index in [2.05, 4.69) is 19.6 Å². The predicted octanol–water partition coefficient (Wildman–Crippen LogP) is 5.64. The lowest BCUT2D eigenvalue weighted by atomic mass is 10.0. The fourth-order valence-electron chi connectivity index (χ4n) is 3.85. The van der Waals surface area contributed by atoms with Gasteiger partial charge in [0, 0.05) is 43.9 Å². The second-order valence-corrected chi connectivity index (χ2v) is 15.5. The van der Waals surface area contributed by atoms with Gasteiger partial charge in [-0.25, -0.2) is 9.37 Å². The van der Waals surface area contributed by atoms with Gasteiger partial charge in [0.05, 0.1) is 26.3 Å². The Morgan fingerprint density at radius 1 is 1.09 bits per heavy atom. The summed E-state index contributed by atoms with van der Waals surface area (Å²) in [6, 6.07) is 10.7. The quantitative estimate of drug-likeness (QED) is 0.245. The van der Waals surface area contributed by atoms with Crippen molar-refractivity contribution in [2.45, 2.75) is 45.0 Å². The highest BCUT2D eigenvalue weighted by molar-refractivity contribution is 6.76. The van der Waals surface area contributed by atoms with Crippen molar-refractivity contribution in [3.63, 3.8) is 0 Å². The first-order valence-corrected chi connectivity index (χ1v) is 15.3. The molecule has 0 spiro atoms. The molecule has 34 heavy (non-hydrogen) atoms. The van der Waals surface area contributed by atoms with Crippen LogP contribution in [0.5, 0.6) is 11.5 Å². The molecule has 1 aromatic carbocycles. The molecule has 0 aliphatic rings. The molecule has 0 aliphatic heterocycles. The number of hydrogen-bond donors (Lipinski definition) is 0. The maximum atomic E-state index is 14.5. The van der Waals surface area contributed by atoms with Crippen LogP contribution in [0.2, 0.25) is 25.7 Å². The van der Waals surface area contributed by atoms with E-state index in [9.17, 15) is 4.39 Å². The molecule has 1 atom stereocenters. The predicted molar refractivity (Wildman–Crippen MR) is 139 cm³/mol. The van der Waals surface area contributed by atoms with E-state index in [4.69, 9.17) is 19.2 Å². The van der Waals surface area contributed by atoms with Gasteiger partial charge in [0.25, 0.3) is 0 Å². The lowest BCUT2D eigenvalue weighted by Gasteiger charge is -2.16. The molecule has 0 saturated heterocycles. The Labute approximate surface area is 203 Å². The molecule has 0 aliphatic carbocycles. The molecule has 8 heteroatoms. The summed E-state index contributed by atoms with van der Waals surface area (Å²) in [5, 5.41) is 0.937. The van der Waals surface area contributed by atoms with Crippen LogP contribution in [0.1, 0.15) is 5.69 Å². The second kappa shape index (κ2) is 11.3. The fourth-order valence-corrected chi connectivity index (χ4v) is 4.61. The van der Waals surface area contributed by atoms with Crippen LogP contribution in [0.25, 0.3) is 22.2 Å². The van der Waals surface area contributed by atoms with Gasteiger partial charge in [-0.1, -0.05) is 25.7 Å². The highest BCUT2D eigenvalue weighted by Gasteiger charge is 2.21. The maximum absolute atomic E-state index is 14.5. The molecular formula is C26H37FN3O3Si. The first-order chi connectivity index (χ1) is 16.1. The van der Waals surface area contributed by atoms with Crippen molar-refractivity contribution in [3.05, 3.63) is 48.8 Å². The van der Waals surface area contributed by atoms with Crippen molar-refractivity contribution in [2.75, 3.05) is 34.9 Å². The van der Waals surface area contributed by atoms with E-state index < -0.39 is 14.2 Å². The average molecular weight is 487 g/mol. The number of halogens is 1. The third kappa shape index (κ3) is 6.58. The van der Waals surface area contributed by atoms with E-state index in [0.717, 1.165) is 28.2 Å². The number of alkyl halides is 1. The number of methoxy groups -OCH3 is 2. The van der Waals surface area contributed by atoms with Crippen LogP contribution in [0.15, 0.2) is 36.5 Å².